The summed E-state index contributed by atoms with van der Waals surface area (Å²) in [6.45, 7) is 13.0. The Morgan fingerprint density at radius 3 is 2.24 bits per heavy atom. The quantitative estimate of drug-likeness (QED) is 0.410. The summed E-state index contributed by atoms with van der Waals surface area (Å²) in [5.74, 6) is -0.612. The average Bonchev–Trinajstić information content (AvgIpc) is 2.73. The number of rotatable bonds is 10. The number of amides is 2. The largest absolute Gasteiger partial charge is 0.463 e. The van der Waals surface area contributed by atoms with Crippen LogP contribution in [0.2, 0.25) is 0 Å². The summed E-state index contributed by atoms with van der Waals surface area (Å²) in [6, 6.07) is 8.67. The summed E-state index contributed by atoms with van der Waals surface area (Å²) in [5, 5.41) is 2.75. The molecule has 2 amide bonds. The van der Waals surface area contributed by atoms with Crippen LogP contribution in [0.5, 0.6) is 0 Å². The van der Waals surface area contributed by atoms with E-state index in [9.17, 15) is 14.4 Å². The monoisotopic (exact) mass is 460 g/mol. The summed E-state index contributed by atoms with van der Waals surface area (Å²) in [6.07, 6.45) is 2.15. The highest BCUT2D eigenvalue weighted by molar-refractivity contribution is 5.89. The van der Waals surface area contributed by atoms with Gasteiger partial charge in [-0.1, -0.05) is 50.3 Å². The number of benzene rings is 1. The van der Waals surface area contributed by atoms with Crippen LogP contribution >= 0.6 is 0 Å². The minimum absolute atomic E-state index is 0.0413. The van der Waals surface area contributed by atoms with Crippen LogP contribution in [-0.2, 0) is 25.5 Å². The molecule has 0 radical (unpaired) electrons. The third-order valence-electron chi connectivity index (χ3n) is 5.05. The Morgan fingerprint density at radius 1 is 1.12 bits per heavy atom. The molecule has 184 valence electrons. The zero-order valence-electron chi connectivity index (χ0n) is 21.3. The van der Waals surface area contributed by atoms with Crippen molar-refractivity contribution in [2.24, 2.45) is 5.92 Å². The summed E-state index contributed by atoms with van der Waals surface area (Å²) >= 11 is 0. The molecule has 0 aliphatic carbocycles. The smallest absolute Gasteiger partial charge is 0.408 e. The number of hydrogen-bond acceptors (Lipinski definition) is 5. The van der Waals surface area contributed by atoms with Crippen LogP contribution in [0.4, 0.5) is 4.79 Å². The first-order valence-electron chi connectivity index (χ1n) is 11.5. The number of likely N-dealkylation sites (N-methyl/N-ethyl adjacent to an activating group) is 1. The van der Waals surface area contributed by atoms with Crippen molar-refractivity contribution in [2.75, 3.05) is 13.7 Å². The van der Waals surface area contributed by atoms with E-state index in [1.807, 2.05) is 44.2 Å². The second-order valence-corrected chi connectivity index (χ2v) is 9.48. The highest BCUT2D eigenvalue weighted by Crippen LogP contribution is 2.17. The number of alkyl carbamates (subject to hydrolysis) is 1. The molecule has 0 aliphatic heterocycles. The number of aryl methyl sites for hydroxylation is 1. The highest BCUT2D eigenvalue weighted by Gasteiger charge is 2.30. The molecule has 0 unspecified atom stereocenters. The number of carbonyl (C=O) groups excluding carboxylic acids is 3. The molecule has 7 heteroatoms. The van der Waals surface area contributed by atoms with Crippen molar-refractivity contribution in [3.8, 4) is 0 Å². The lowest BCUT2D eigenvalue weighted by molar-refractivity contribution is -0.139. The molecule has 0 bridgehead atoms. The lowest BCUT2D eigenvalue weighted by Crippen LogP contribution is -2.52. The van der Waals surface area contributed by atoms with Crippen LogP contribution in [0.3, 0.4) is 0 Å². The van der Waals surface area contributed by atoms with Crippen molar-refractivity contribution >= 4 is 18.0 Å². The molecule has 7 nitrogen and oxygen atoms in total. The van der Waals surface area contributed by atoms with Crippen LogP contribution < -0.4 is 5.32 Å². The van der Waals surface area contributed by atoms with Gasteiger partial charge in [-0.05, 0) is 58.9 Å². The van der Waals surface area contributed by atoms with Crippen LogP contribution in [0, 0.1) is 5.92 Å². The van der Waals surface area contributed by atoms with Gasteiger partial charge >= 0.3 is 12.1 Å². The maximum Gasteiger partial charge on any atom is 0.408 e. The fraction of sp³-hybridized carbons (Fsp3) is 0.577. The first kappa shape index (κ1) is 28.2. The van der Waals surface area contributed by atoms with Crippen molar-refractivity contribution < 1.29 is 23.9 Å². The zero-order valence-corrected chi connectivity index (χ0v) is 21.3. The molecule has 0 heterocycles. The first-order chi connectivity index (χ1) is 15.4. The minimum atomic E-state index is -0.775. The van der Waals surface area contributed by atoms with E-state index < -0.39 is 23.7 Å². The number of hydrogen-bond donors (Lipinski definition) is 1. The number of esters is 1. The zero-order chi connectivity index (χ0) is 25.2. The van der Waals surface area contributed by atoms with E-state index in [0.29, 0.717) is 18.4 Å². The average molecular weight is 461 g/mol. The molecule has 0 aliphatic rings. The predicted octanol–water partition coefficient (Wildman–Crippen LogP) is 4.50. The van der Waals surface area contributed by atoms with Gasteiger partial charge in [-0.25, -0.2) is 9.59 Å². The van der Waals surface area contributed by atoms with E-state index in [1.54, 1.807) is 52.6 Å². The topological polar surface area (TPSA) is 84.9 Å². The molecule has 1 aromatic rings. The van der Waals surface area contributed by atoms with Crippen molar-refractivity contribution in [3.63, 3.8) is 0 Å². The van der Waals surface area contributed by atoms with Crippen molar-refractivity contribution in [1.29, 1.82) is 0 Å². The molecule has 0 saturated carbocycles. The molecule has 33 heavy (non-hydrogen) atoms. The van der Waals surface area contributed by atoms with Gasteiger partial charge in [0.15, 0.2) is 0 Å². The van der Waals surface area contributed by atoms with Gasteiger partial charge < -0.3 is 19.7 Å². The van der Waals surface area contributed by atoms with Crippen molar-refractivity contribution in [3.05, 3.63) is 47.5 Å². The predicted molar refractivity (Wildman–Crippen MR) is 130 cm³/mol. The molecular formula is C26H40N2O5. The van der Waals surface area contributed by atoms with Gasteiger partial charge in [-0.15, -0.1) is 0 Å². The van der Waals surface area contributed by atoms with Gasteiger partial charge in [0.2, 0.25) is 5.91 Å². The number of carbonyl (C=O) groups is 3. The Balaban J connectivity index is 3.11. The third-order valence-corrected chi connectivity index (χ3v) is 5.05. The standard InChI is InChI=1S/C26H40N2O5/c1-9-32-24(30)19(4)17-22(18(2)3)28(8)23(29)21(27-25(31)33-26(5,6)7)16-15-20-13-11-10-12-14-20/h10-14,17-18,21-22H,9,15-16H2,1-8H3,(H,27,31)/t21-,22+/m0/s1. The molecule has 0 spiro atoms. The Bertz CT molecular complexity index is 812. The third kappa shape index (κ3) is 10.1. The maximum absolute atomic E-state index is 13.5. The second kappa shape index (κ2) is 13.0. The molecule has 1 aromatic carbocycles. The number of nitrogens with one attached hydrogen (secondary N) is 1. The van der Waals surface area contributed by atoms with E-state index in [2.05, 4.69) is 5.32 Å². The molecule has 1 N–H and O–H groups in total. The maximum atomic E-state index is 13.5. The Hall–Kier alpha value is -2.83. The van der Waals surface area contributed by atoms with E-state index in [4.69, 9.17) is 9.47 Å². The molecule has 0 fully saturated rings. The van der Waals surface area contributed by atoms with E-state index in [-0.39, 0.29) is 24.5 Å². The van der Waals surface area contributed by atoms with Gasteiger partial charge in [0.25, 0.3) is 0 Å². The molecule has 2 atom stereocenters. The second-order valence-electron chi connectivity index (χ2n) is 9.48. The van der Waals surface area contributed by atoms with E-state index in [1.165, 1.54) is 0 Å². The Morgan fingerprint density at radius 2 is 1.73 bits per heavy atom. The van der Waals surface area contributed by atoms with Crippen LogP contribution in [0.1, 0.15) is 60.5 Å². The SMILES string of the molecule is CCOC(=O)C(C)=C[C@H](C(C)C)N(C)C(=O)[C@H](CCc1ccccc1)NC(=O)OC(C)(C)C. The van der Waals surface area contributed by atoms with Crippen LogP contribution in [0.25, 0.3) is 0 Å². The highest BCUT2D eigenvalue weighted by atomic mass is 16.6. The summed E-state index contributed by atoms with van der Waals surface area (Å²) in [7, 11) is 1.69. The normalized spacial score (nSPS) is 13.8. The van der Waals surface area contributed by atoms with Crippen LogP contribution in [-0.4, -0.2) is 54.2 Å². The van der Waals surface area contributed by atoms with Crippen molar-refractivity contribution in [2.45, 2.75) is 79.0 Å². The molecule has 0 saturated heterocycles. The van der Waals surface area contributed by atoms with Crippen LogP contribution in [0.15, 0.2) is 42.0 Å². The summed E-state index contributed by atoms with van der Waals surface area (Å²) in [4.78, 5) is 39.7. The molecular weight excluding hydrogens is 420 g/mol. The van der Waals surface area contributed by atoms with Gasteiger partial charge in [-0.3, -0.25) is 4.79 Å². The summed E-state index contributed by atoms with van der Waals surface area (Å²) in [5.41, 5.74) is 0.835. The van der Waals surface area contributed by atoms with E-state index >= 15 is 0 Å². The fourth-order valence-corrected chi connectivity index (χ4v) is 3.38. The molecule has 1 rings (SSSR count). The van der Waals surface area contributed by atoms with Gasteiger partial charge in [0.05, 0.1) is 12.6 Å². The fourth-order valence-electron chi connectivity index (χ4n) is 3.38. The van der Waals surface area contributed by atoms with Gasteiger partial charge in [0, 0.05) is 12.6 Å². The van der Waals surface area contributed by atoms with Gasteiger partial charge in [0.1, 0.15) is 11.6 Å². The van der Waals surface area contributed by atoms with Crippen molar-refractivity contribution in [1.82, 2.24) is 10.2 Å². The Labute approximate surface area is 198 Å². The van der Waals surface area contributed by atoms with Gasteiger partial charge in [-0.2, -0.15) is 0 Å². The van der Waals surface area contributed by atoms with E-state index in [0.717, 1.165) is 5.56 Å². The first-order valence-corrected chi connectivity index (χ1v) is 11.5. The summed E-state index contributed by atoms with van der Waals surface area (Å²) < 4.78 is 10.5. The lowest BCUT2D eigenvalue weighted by Gasteiger charge is -2.33. The molecule has 0 aromatic heterocycles. The Kier molecular flexibility index (Phi) is 11.1. The number of nitrogens with zero attached hydrogens (tertiary/aromatic N) is 1. The minimum Gasteiger partial charge on any atom is -0.463 e. The lowest BCUT2D eigenvalue weighted by atomic mass is 9.98. The number of ether oxygens (including phenoxy) is 2.